The highest BCUT2D eigenvalue weighted by Gasteiger charge is 2.03. The standard InChI is InChI=1S/C24H26/c1-3-19(2)24-15-13-23(14-16-24)18-22-11-9-21(10-12-22)17-20-7-5-4-6-8-20/h4-16,19H,3,17-18H2,1-2H3. The monoisotopic (exact) mass is 314 g/mol. The molecule has 1 atom stereocenters. The van der Waals surface area contributed by atoms with Gasteiger partial charge >= 0.3 is 0 Å². The molecule has 3 aromatic carbocycles. The van der Waals surface area contributed by atoms with Crippen LogP contribution in [0.2, 0.25) is 0 Å². The Morgan fingerprint density at radius 1 is 0.583 bits per heavy atom. The van der Waals surface area contributed by atoms with Gasteiger partial charge in [0, 0.05) is 0 Å². The van der Waals surface area contributed by atoms with Gasteiger partial charge in [0.05, 0.1) is 0 Å². The second kappa shape index (κ2) is 7.97. The maximum Gasteiger partial charge on any atom is -0.00258 e. The third-order valence-corrected chi connectivity index (χ3v) is 4.84. The molecule has 0 aliphatic heterocycles. The Labute approximate surface area is 146 Å². The van der Waals surface area contributed by atoms with E-state index in [-0.39, 0.29) is 0 Å². The van der Waals surface area contributed by atoms with Crippen LogP contribution in [0.15, 0.2) is 78.9 Å². The van der Waals surface area contributed by atoms with E-state index in [4.69, 9.17) is 0 Å². The van der Waals surface area contributed by atoms with Gasteiger partial charge in [-0.05, 0) is 53.0 Å². The highest BCUT2D eigenvalue weighted by molar-refractivity contribution is 5.33. The van der Waals surface area contributed by atoms with Crippen LogP contribution in [0, 0.1) is 0 Å². The summed E-state index contributed by atoms with van der Waals surface area (Å²) in [5, 5.41) is 0. The molecule has 0 saturated heterocycles. The minimum atomic E-state index is 0.649. The highest BCUT2D eigenvalue weighted by atomic mass is 14.1. The lowest BCUT2D eigenvalue weighted by atomic mass is 9.95. The molecular weight excluding hydrogens is 288 g/mol. The van der Waals surface area contributed by atoms with Crippen molar-refractivity contribution >= 4 is 0 Å². The van der Waals surface area contributed by atoms with Crippen molar-refractivity contribution in [3.05, 3.63) is 107 Å². The van der Waals surface area contributed by atoms with Crippen LogP contribution in [0.1, 0.15) is 54.0 Å². The molecule has 24 heavy (non-hydrogen) atoms. The minimum absolute atomic E-state index is 0.649. The van der Waals surface area contributed by atoms with Crippen molar-refractivity contribution in [1.82, 2.24) is 0 Å². The van der Waals surface area contributed by atoms with Gasteiger partial charge in [-0.15, -0.1) is 0 Å². The molecule has 0 fully saturated rings. The average molecular weight is 314 g/mol. The van der Waals surface area contributed by atoms with E-state index < -0.39 is 0 Å². The van der Waals surface area contributed by atoms with Crippen LogP contribution in [0.5, 0.6) is 0 Å². The van der Waals surface area contributed by atoms with E-state index in [1.54, 1.807) is 0 Å². The largest absolute Gasteiger partial charge is 0.0648 e. The Hall–Kier alpha value is -2.34. The fourth-order valence-electron chi connectivity index (χ4n) is 3.04. The molecule has 0 heterocycles. The summed E-state index contributed by atoms with van der Waals surface area (Å²) < 4.78 is 0. The molecule has 0 amide bonds. The Morgan fingerprint density at radius 2 is 1.00 bits per heavy atom. The molecule has 1 unspecified atom stereocenters. The highest BCUT2D eigenvalue weighted by Crippen LogP contribution is 2.20. The molecule has 0 N–H and O–H groups in total. The lowest BCUT2D eigenvalue weighted by molar-refractivity contribution is 0.733. The average Bonchev–Trinajstić information content (AvgIpc) is 2.64. The third-order valence-electron chi connectivity index (χ3n) is 4.84. The van der Waals surface area contributed by atoms with Crippen molar-refractivity contribution in [2.45, 2.75) is 39.0 Å². The van der Waals surface area contributed by atoms with Gasteiger partial charge in [-0.3, -0.25) is 0 Å². The third kappa shape index (κ3) is 4.35. The fraction of sp³-hybridized carbons (Fsp3) is 0.250. The normalized spacial score (nSPS) is 12.1. The first kappa shape index (κ1) is 16.5. The van der Waals surface area contributed by atoms with Crippen molar-refractivity contribution in [2.24, 2.45) is 0 Å². The second-order valence-corrected chi connectivity index (χ2v) is 6.71. The van der Waals surface area contributed by atoms with Gasteiger partial charge in [-0.2, -0.15) is 0 Å². The molecule has 122 valence electrons. The van der Waals surface area contributed by atoms with E-state index in [1.807, 2.05) is 0 Å². The van der Waals surface area contributed by atoms with E-state index >= 15 is 0 Å². The second-order valence-electron chi connectivity index (χ2n) is 6.71. The summed E-state index contributed by atoms with van der Waals surface area (Å²) in [4.78, 5) is 0. The van der Waals surface area contributed by atoms with Crippen LogP contribution < -0.4 is 0 Å². The van der Waals surface area contributed by atoms with Gasteiger partial charge in [0.25, 0.3) is 0 Å². The Balaban J connectivity index is 1.63. The first-order valence-corrected chi connectivity index (χ1v) is 8.95. The molecule has 3 rings (SSSR count). The zero-order valence-corrected chi connectivity index (χ0v) is 14.7. The van der Waals surface area contributed by atoms with Crippen LogP contribution in [-0.2, 0) is 12.8 Å². The number of hydrogen-bond donors (Lipinski definition) is 0. The van der Waals surface area contributed by atoms with Gasteiger partial charge in [0.1, 0.15) is 0 Å². The number of benzene rings is 3. The summed E-state index contributed by atoms with van der Waals surface area (Å²) in [6.45, 7) is 4.54. The Morgan fingerprint density at radius 3 is 1.46 bits per heavy atom. The van der Waals surface area contributed by atoms with Gasteiger partial charge < -0.3 is 0 Å². The van der Waals surface area contributed by atoms with E-state index in [2.05, 4.69) is 92.7 Å². The number of rotatable bonds is 6. The fourth-order valence-corrected chi connectivity index (χ4v) is 3.04. The molecular formula is C24H26. The molecule has 0 nitrogen and oxygen atoms in total. The maximum atomic E-state index is 2.29. The SMILES string of the molecule is CCC(C)c1ccc(Cc2ccc(Cc3ccccc3)cc2)cc1. The van der Waals surface area contributed by atoms with Crippen LogP contribution in [0.25, 0.3) is 0 Å². The quantitative estimate of drug-likeness (QED) is 0.495. The minimum Gasteiger partial charge on any atom is -0.0648 e. The van der Waals surface area contributed by atoms with Crippen molar-refractivity contribution in [3.63, 3.8) is 0 Å². The van der Waals surface area contributed by atoms with Crippen LogP contribution in [-0.4, -0.2) is 0 Å². The summed E-state index contributed by atoms with van der Waals surface area (Å²) in [5.74, 6) is 0.649. The van der Waals surface area contributed by atoms with Crippen molar-refractivity contribution < 1.29 is 0 Å². The first-order valence-electron chi connectivity index (χ1n) is 8.95. The van der Waals surface area contributed by atoms with Crippen molar-refractivity contribution in [1.29, 1.82) is 0 Å². The van der Waals surface area contributed by atoms with Crippen LogP contribution in [0.3, 0.4) is 0 Å². The lowest BCUT2D eigenvalue weighted by Gasteiger charge is -2.10. The zero-order chi connectivity index (χ0) is 16.8. The van der Waals surface area contributed by atoms with Crippen LogP contribution in [0.4, 0.5) is 0 Å². The molecule has 0 heteroatoms. The van der Waals surface area contributed by atoms with Gasteiger partial charge in [-0.25, -0.2) is 0 Å². The molecule has 0 aromatic heterocycles. The number of hydrogen-bond acceptors (Lipinski definition) is 0. The van der Waals surface area contributed by atoms with Crippen molar-refractivity contribution in [2.75, 3.05) is 0 Å². The Bertz CT molecular complexity index is 736. The molecule has 0 aliphatic carbocycles. The smallest absolute Gasteiger partial charge is 0.00258 e. The molecule has 3 aromatic rings. The van der Waals surface area contributed by atoms with Crippen LogP contribution >= 0.6 is 0 Å². The summed E-state index contributed by atoms with van der Waals surface area (Å²) in [6.07, 6.45) is 3.21. The predicted octanol–water partition coefficient (Wildman–Crippen LogP) is 6.38. The first-order chi connectivity index (χ1) is 11.7. The molecule has 0 spiro atoms. The lowest BCUT2D eigenvalue weighted by Crippen LogP contribution is -1.94. The maximum absolute atomic E-state index is 2.29. The van der Waals surface area contributed by atoms with Gasteiger partial charge in [-0.1, -0.05) is 92.7 Å². The summed E-state index contributed by atoms with van der Waals surface area (Å²) >= 11 is 0. The Kier molecular flexibility index (Phi) is 5.48. The van der Waals surface area contributed by atoms with E-state index in [9.17, 15) is 0 Å². The molecule has 0 bridgehead atoms. The predicted molar refractivity (Wildman–Crippen MR) is 104 cm³/mol. The van der Waals surface area contributed by atoms with E-state index in [0.717, 1.165) is 12.8 Å². The topological polar surface area (TPSA) is 0 Å². The molecule has 0 aliphatic rings. The van der Waals surface area contributed by atoms with Crippen molar-refractivity contribution in [3.8, 4) is 0 Å². The molecule has 0 radical (unpaired) electrons. The molecule has 0 saturated carbocycles. The summed E-state index contributed by atoms with van der Waals surface area (Å²) in [7, 11) is 0. The summed E-state index contributed by atoms with van der Waals surface area (Å²) in [5.41, 5.74) is 6.95. The van der Waals surface area contributed by atoms with Gasteiger partial charge in [0.15, 0.2) is 0 Å². The van der Waals surface area contributed by atoms with E-state index in [0.29, 0.717) is 5.92 Å². The van der Waals surface area contributed by atoms with E-state index in [1.165, 1.54) is 34.2 Å². The summed E-state index contributed by atoms with van der Waals surface area (Å²) in [6, 6.07) is 28.8. The zero-order valence-electron chi connectivity index (χ0n) is 14.7. The van der Waals surface area contributed by atoms with Gasteiger partial charge in [0.2, 0.25) is 0 Å².